The smallest absolute Gasteiger partial charge is 0.238 e. The number of carbonyl (C=O) groups excluding carboxylic acids is 1. The minimum atomic E-state index is -0.358. The average Bonchev–Trinajstić information content (AvgIpc) is 2.44. The zero-order valence-corrected chi connectivity index (χ0v) is 12.0. The average molecular weight is 264 g/mol. The number of rotatable bonds is 7. The summed E-state index contributed by atoms with van der Waals surface area (Å²) in [6.45, 7) is 6.21. The molecule has 0 saturated carbocycles. The van der Waals surface area contributed by atoms with Crippen molar-refractivity contribution >= 4 is 11.6 Å². The molecule has 0 unspecified atom stereocenters. The highest BCUT2D eigenvalue weighted by molar-refractivity contribution is 5.92. The first kappa shape index (κ1) is 15.7. The number of carbonyl (C=O) groups is 1. The van der Waals surface area contributed by atoms with Gasteiger partial charge in [-0.05, 0) is 31.4 Å². The van der Waals surface area contributed by atoms with Gasteiger partial charge in [0, 0.05) is 11.2 Å². The van der Waals surface area contributed by atoms with E-state index in [2.05, 4.69) is 10.6 Å². The number of aliphatic hydroxyl groups is 1. The third-order valence-electron chi connectivity index (χ3n) is 3.70. The van der Waals surface area contributed by atoms with E-state index in [1.165, 1.54) is 0 Å². The van der Waals surface area contributed by atoms with Crippen molar-refractivity contribution in [1.29, 1.82) is 0 Å². The highest BCUT2D eigenvalue weighted by Gasteiger charge is 2.25. The molecule has 1 amide bonds. The van der Waals surface area contributed by atoms with Crippen LogP contribution in [0, 0.1) is 6.92 Å². The molecule has 0 aliphatic carbocycles. The van der Waals surface area contributed by atoms with E-state index in [-0.39, 0.29) is 24.6 Å². The standard InChI is InChI=1S/C15H24N2O2/c1-4-15(5-2,11-18)16-10-14(19)17-13-9-7-6-8-12(13)3/h6-9,16,18H,4-5,10-11H2,1-3H3,(H,17,19). The van der Waals surface area contributed by atoms with Crippen molar-refractivity contribution in [3.8, 4) is 0 Å². The molecule has 4 heteroatoms. The maximum atomic E-state index is 11.9. The summed E-state index contributed by atoms with van der Waals surface area (Å²) in [5.74, 6) is -0.0889. The van der Waals surface area contributed by atoms with Crippen molar-refractivity contribution in [2.45, 2.75) is 39.2 Å². The van der Waals surface area contributed by atoms with Crippen molar-refractivity contribution in [1.82, 2.24) is 5.32 Å². The maximum absolute atomic E-state index is 11.9. The normalized spacial score (nSPS) is 11.4. The molecule has 0 aromatic heterocycles. The molecule has 3 N–H and O–H groups in total. The van der Waals surface area contributed by atoms with Crippen LogP contribution in [0.1, 0.15) is 32.3 Å². The summed E-state index contributed by atoms with van der Waals surface area (Å²) in [4.78, 5) is 11.9. The van der Waals surface area contributed by atoms with Gasteiger partial charge in [0.05, 0.1) is 13.2 Å². The second-order valence-corrected chi connectivity index (χ2v) is 4.86. The first-order chi connectivity index (χ1) is 9.06. The lowest BCUT2D eigenvalue weighted by Gasteiger charge is -2.30. The van der Waals surface area contributed by atoms with Crippen molar-refractivity contribution in [3.05, 3.63) is 29.8 Å². The molecule has 0 saturated heterocycles. The molecule has 0 fully saturated rings. The van der Waals surface area contributed by atoms with Crippen LogP contribution < -0.4 is 10.6 Å². The Morgan fingerprint density at radius 1 is 1.26 bits per heavy atom. The largest absolute Gasteiger partial charge is 0.394 e. The van der Waals surface area contributed by atoms with E-state index in [1.54, 1.807) is 0 Å². The van der Waals surface area contributed by atoms with Gasteiger partial charge in [-0.25, -0.2) is 0 Å². The minimum Gasteiger partial charge on any atom is -0.394 e. The van der Waals surface area contributed by atoms with E-state index in [4.69, 9.17) is 0 Å². The monoisotopic (exact) mass is 264 g/mol. The van der Waals surface area contributed by atoms with Gasteiger partial charge >= 0.3 is 0 Å². The van der Waals surface area contributed by atoms with Crippen LogP contribution in [0.15, 0.2) is 24.3 Å². The van der Waals surface area contributed by atoms with Crippen LogP contribution >= 0.6 is 0 Å². The summed E-state index contributed by atoms with van der Waals surface area (Å²) in [6.07, 6.45) is 1.58. The molecule has 0 aliphatic heterocycles. The molecule has 0 spiro atoms. The summed E-state index contributed by atoms with van der Waals surface area (Å²) < 4.78 is 0. The predicted molar refractivity (Wildman–Crippen MR) is 78.2 cm³/mol. The molecule has 0 atom stereocenters. The lowest BCUT2D eigenvalue weighted by molar-refractivity contribution is -0.115. The fraction of sp³-hybridized carbons (Fsp3) is 0.533. The summed E-state index contributed by atoms with van der Waals surface area (Å²) in [6, 6.07) is 7.67. The van der Waals surface area contributed by atoms with Gasteiger partial charge in [-0.2, -0.15) is 0 Å². The molecule has 4 nitrogen and oxygen atoms in total. The van der Waals surface area contributed by atoms with E-state index < -0.39 is 0 Å². The van der Waals surface area contributed by atoms with Gasteiger partial charge in [-0.1, -0.05) is 32.0 Å². The molecule has 0 heterocycles. The van der Waals surface area contributed by atoms with E-state index in [0.29, 0.717) is 0 Å². The van der Waals surface area contributed by atoms with Crippen molar-refractivity contribution < 1.29 is 9.90 Å². The fourth-order valence-electron chi connectivity index (χ4n) is 1.95. The first-order valence-corrected chi connectivity index (χ1v) is 6.78. The molecule has 0 bridgehead atoms. The van der Waals surface area contributed by atoms with Gasteiger partial charge in [-0.3, -0.25) is 4.79 Å². The van der Waals surface area contributed by atoms with Crippen molar-refractivity contribution in [3.63, 3.8) is 0 Å². The molecule has 0 radical (unpaired) electrons. The Morgan fingerprint density at radius 2 is 1.89 bits per heavy atom. The number of hydrogen-bond acceptors (Lipinski definition) is 3. The summed E-state index contributed by atoms with van der Waals surface area (Å²) in [7, 11) is 0. The van der Waals surface area contributed by atoms with Gasteiger partial charge in [0.15, 0.2) is 0 Å². The number of benzene rings is 1. The second kappa shape index (κ2) is 7.26. The SMILES string of the molecule is CCC(CC)(CO)NCC(=O)Nc1ccccc1C. The van der Waals surface area contributed by atoms with Crippen molar-refractivity contribution in [2.24, 2.45) is 0 Å². The Kier molecular flexibility index (Phi) is 5.99. The zero-order valence-electron chi connectivity index (χ0n) is 12.0. The zero-order chi connectivity index (χ0) is 14.3. The Balaban J connectivity index is 2.55. The molecule has 1 aromatic carbocycles. The van der Waals surface area contributed by atoms with E-state index in [1.807, 2.05) is 45.0 Å². The number of hydrogen-bond donors (Lipinski definition) is 3. The van der Waals surface area contributed by atoms with Gasteiger partial charge in [0.1, 0.15) is 0 Å². The van der Waals surface area contributed by atoms with Gasteiger partial charge < -0.3 is 15.7 Å². The van der Waals surface area contributed by atoms with Gasteiger partial charge in [-0.15, -0.1) is 0 Å². The van der Waals surface area contributed by atoms with E-state index in [9.17, 15) is 9.90 Å². The topological polar surface area (TPSA) is 61.4 Å². The van der Waals surface area contributed by atoms with Crippen LogP contribution in [0.25, 0.3) is 0 Å². The molecular weight excluding hydrogens is 240 g/mol. The van der Waals surface area contributed by atoms with Gasteiger partial charge in [0.25, 0.3) is 0 Å². The fourth-order valence-corrected chi connectivity index (χ4v) is 1.95. The highest BCUT2D eigenvalue weighted by atomic mass is 16.3. The predicted octanol–water partition coefficient (Wildman–Crippen LogP) is 2.07. The lowest BCUT2D eigenvalue weighted by atomic mass is 9.94. The molecule has 1 aromatic rings. The number of para-hydroxylation sites is 1. The van der Waals surface area contributed by atoms with Crippen LogP contribution in [0.4, 0.5) is 5.69 Å². The number of amides is 1. The number of nitrogens with one attached hydrogen (secondary N) is 2. The lowest BCUT2D eigenvalue weighted by Crippen LogP contribution is -2.50. The summed E-state index contributed by atoms with van der Waals surface area (Å²) >= 11 is 0. The van der Waals surface area contributed by atoms with Crippen LogP contribution in [0.3, 0.4) is 0 Å². The Labute approximate surface area is 115 Å². The summed E-state index contributed by atoms with van der Waals surface area (Å²) in [5.41, 5.74) is 1.51. The van der Waals surface area contributed by atoms with Crippen molar-refractivity contribution in [2.75, 3.05) is 18.5 Å². The molecule has 0 aliphatic rings. The highest BCUT2D eigenvalue weighted by Crippen LogP contribution is 2.15. The van der Waals surface area contributed by atoms with Crippen LogP contribution in [0.2, 0.25) is 0 Å². The van der Waals surface area contributed by atoms with Crippen LogP contribution in [-0.2, 0) is 4.79 Å². The molecule has 106 valence electrons. The van der Waals surface area contributed by atoms with Crippen LogP contribution in [0.5, 0.6) is 0 Å². The Bertz CT molecular complexity index is 406. The van der Waals surface area contributed by atoms with E-state index >= 15 is 0 Å². The second-order valence-electron chi connectivity index (χ2n) is 4.86. The third-order valence-corrected chi connectivity index (χ3v) is 3.70. The molecule has 1 rings (SSSR count). The molecular formula is C15H24N2O2. The quantitative estimate of drug-likeness (QED) is 0.706. The minimum absolute atomic E-state index is 0.0393. The Morgan fingerprint density at radius 3 is 2.42 bits per heavy atom. The van der Waals surface area contributed by atoms with E-state index in [0.717, 1.165) is 24.1 Å². The molecule has 19 heavy (non-hydrogen) atoms. The number of anilines is 1. The third kappa shape index (κ3) is 4.33. The number of aryl methyl sites for hydroxylation is 1. The summed E-state index contributed by atoms with van der Waals surface area (Å²) in [5, 5.41) is 15.5. The first-order valence-electron chi connectivity index (χ1n) is 6.78. The van der Waals surface area contributed by atoms with Gasteiger partial charge in [0.2, 0.25) is 5.91 Å². The number of aliphatic hydroxyl groups excluding tert-OH is 1. The Hall–Kier alpha value is -1.39. The van der Waals surface area contributed by atoms with Crippen LogP contribution in [-0.4, -0.2) is 29.7 Å². The maximum Gasteiger partial charge on any atom is 0.238 e.